The van der Waals surface area contributed by atoms with Crippen LogP contribution in [0.15, 0.2) is 18.2 Å². The molecule has 1 fully saturated rings. The van der Waals surface area contributed by atoms with E-state index in [-0.39, 0.29) is 29.5 Å². The van der Waals surface area contributed by atoms with Crippen molar-refractivity contribution in [2.45, 2.75) is 31.8 Å². The first kappa shape index (κ1) is 12.7. The monoisotopic (exact) mass is 250 g/mol. The quantitative estimate of drug-likeness (QED) is 0.604. The first-order valence-electron chi connectivity index (χ1n) is 6.11. The molecule has 0 spiro atoms. The highest BCUT2D eigenvalue weighted by Crippen LogP contribution is 2.28. The number of aromatic hydroxyl groups is 2. The average Bonchev–Trinajstić information content (AvgIpc) is 2.35. The molecule has 98 valence electrons. The van der Waals surface area contributed by atoms with Gasteiger partial charge in [-0.1, -0.05) is 0 Å². The maximum absolute atomic E-state index is 11.1. The maximum Gasteiger partial charge on any atom is 0.220 e. The van der Waals surface area contributed by atoms with E-state index in [1.54, 1.807) is 6.07 Å². The molecule has 2 unspecified atom stereocenters. The van der Waals surface area contributed by atoms with E-state index in [1.807, 2.05) is 6.92 Å². The molecule has 1 saturated heterocycles. The van der Waals surface area contributed by atoms with E-state index in [1.165, 1.54) is 12.1 Å². The molecular weight excluding hydrogens is 232 g/mol. The number of carbonyl (C=O) groups excluding carboxylic acids is 1. The molecule has 5 nitrogen and oxygen atoms in total. The number of amides is 1. The van der Waals surface area contributed by atoms with Crippen LogP contribution in [0.5, 0.6) is 11.5 Å². The van der Waals surface area contributed by atoms with Crippen molar-refractivity contribution in [3.05, 3.63) is 23.8 Å². The Hall–Kier alpha value is -1.75. The molecule has 5 heteroatoms. The molecule has 1 amide bonds. The summed E-state index contributed by atoms with van der Waals surface area (Å²) in [4.78, 5) is 11.1. The molecule has 1 heterocycles. The second kappa shape index (κ2) is 5.27. The van der Waals surface area contributed by atoms with Gasteiger partial charge in [-0.05, 0) is 31.5 Å². The molecule has 0 radical (unpaired) electrons. The third-order valence-corrected chi connectivity index (χ3v) is 3.23. The molecule has 2 rings (SSSR count). The second-order valence-electron chi connectivity index (χ2n) is 4.67. The van der Waals surface area contributed by atoms with Gasteiger partial charge in [-0.15, -0.1) is 0 Å². The highest BCUT2D eigenvalue weighted by atomic mass is 16.3. The van der Waals surface area contributed by atoms with Gasteiger partial charge in [-0.2, -0.15) is 0 Å². The molecule has 1 aromatic rings. The van der Waals surface area contributed by atoms with Crippen molar-refractivity contribution in [2.24, 2.45) is 0 Å². The Labute approximate surface area is 106 Å². The van der Waals surface area contributed by atoms with Crippen molar-refractivity contribution in [3.8, 4) is 11.5 Å². The van der Waals surface area contributed by atoms with Gasteiger partial charge in [0.25, 0.3) is 0 Å². The Morgan fingerprint density at radius 2 is 2.22 bits per heavy atom. The van der Waals surface area contributed by atoms with Crippen molar-refractivity contribution in [3.63, 3.8) is 0 Å². The second-order valence-corrected chi connectivity index (χ2v) is 4.67. The molecule has 18 heavy (non-hydrogen) atoms. The van der Waals surface area contributed by atoms with Crippen LogP contribution in [0.2, 0.25) is 0 Å². The molecule has 0 aromatic heterocycles. The average molecular weight is 250 g/mol. The van der Waals surface area contributed by atoms with Crippen LogP contribution < -0.4 is 10.6 Å². The topological polar surface area (TPSA) is 81.6 Å². The molecule has 1 aliphatic heterocycles. The van der Waals surface area contributed by atoms with Gasteiger partial charge >= 0.3 is 0 Å². The Balaban J connectivity index is 2.00. The Morgan fingerprint density at radius 3 is 2.89 bits per heavy atom. The Morgan fingerprint density at radius 1 is 1.44 bits per heavy atom. The summed E-state index contributed by atoms with van der Waals surface area (Å²) in [5.74, 6) is 0.377. The zero-order valence-electron chi connectivity index (χ0n) is 10.3. The minimum atomic E-state index is -0.0860. The van der Waals surface area contributed by atoms with Gasteiger partial charge in [-0.25, -0.2) is 0 Å². The summed E-state index contributed by atoms with van der Waals surface area (Å²) < 4.78 is 0. The number of benzene rings is 1. The fraction of sp³-hybridized carbons (Fsp3) is 0.462. The minimum Gasteiger partial charge on any atom is -0.508 e. The zero-order chi connectivity index (χ0) is 13.1. The number of hydrogen-bond donors (Lipinski definition) is 4. The number of rotatable bonds is 3. The van der Waals surface area contributed by atoms with Crippen molar-refractivity contribution >= 4 is 5.91 Å². The van der Waals surface area contributed by atoms with Gasteiger partial charge in [0, 0.05) is 30.6 Å². The molecule has 2 atom stereocenters. The molecule has 1 aliphatic rings. The summed E-state index contributed by atoms with van der Waals surface area (Å²) >= 11 is 0. The van der Waals surface area contributed by atoms with E-state index in [4.69, 9.17) is 0 Å². The normalized spacial score (nSPS) is 21.4. The number of carbonyl (C=O) groups is 1. The lowest BCUT2D eigenvalue weighted by Crippen LogP contribution is -2.46. The van der Waals surface area contributed by atoms with E-state index in [9.17, 15) is 15.0 Å². The van der Waals surface area contributed by atoms with Crippen molar-refractivity contribution in [2.75, 3.05) is 6.54 Å². The van der Waals surface area contributed by atoms with E-state index in [2.05, 4.69) is 10.6 Å². The highest BCUT2D eigenvalue weighted by molar-refractivity contribution is 5.76. The van der Waals surface area contributed by atoms with Crippen molar-refractivity contribution in [1.82, 2.24) is 10.6 Å². The predicted octanol–water partition coefficient (Wildman–Crippen LogP) is 1.03. The van der Waals surface area contributed by atoms with Crippen LogP contribution >= 0.6 is 0 Å². The number of piperidine rings is 1. The smallest absolute Gasteiger partial charge is 0.220 e. The number of phenolic OH excluding ortho intramolecular Hbond substituents is 2. The van der Waals surface area contributed by atoms with E-state index < -0.39 is 0 Å². The molecule has 4 N–H and O–H groups in total. The van der Waals surface area contributed by atoms with Crippen molar-refractivity contribution in [1.29, 1.82) is 0 Å². The van der Waals surface area contributed by atoms with Gasteiger partial charge in [0.1, 0.15) is 11.5 Å². The van der Waals surface area contributed by atoms with E-state index in [0.717, 1.165) is 6.42 Å². The largest absolute Gasteiger partial charge is 0.508 e. The molecule has 0 saturated carbocycles. The summed E-state index contributed by atoms with van der Waals surface area (Å²) in [6.07, 6.45) is 1.31. The van der Waals surface area contributed by atoms with Crippen LogP contribution in [-0.4, -0.2) is 28.7 Å². The minimum absolute atomic E-state index is 0.0842. The third-order valence-electron chi connectivity index (χ3n) is 3.23. The van der Waals surface area contributed by atoms with Crippen LogP contribution in [0.1, 0.15) is 31.4 Å². The standard InChI is InChI=1S/C13H18N2O3/c1-8(11-6-10(16)3-4-12(11)17)15-9-2-5-13(18)14-7-9/h3-4,6,8-9,15-17H,2,5,7H2,1H3,(H,14,18). The van der Waals surface area contributed by atoms with Gasteiger partial charge in [0.2, 0.25) is 5.91 Å². The first-order chi connectivity index (χ1) is 8.56. The van der Waals surface area contributed by atoms with Crippen LogP contribution in [0, 0.1) is 0 Å². The van der Waals surface area contributed by atoms with Gasteiger partial charge in [0.15, 0.2) is 0 Å². The number of phenols is 2. The summed E-state index contributed by atoms with van der Waals surface area (Å²) in [5, 5.41) is 25.3. The van der Waals surface area contributed by atoms with E-state index >= 15 is 0 Å². The summed E-state index contributed by atoms with van der Waals surface area (Å²) in [7, 11) is 0. The summed E-state index contributed by atoms with van der Waals surface area (Å²) in [6, 6.07) is 4.59. The predicted molar refractivity (Wildman–Crippen MR) is 67.4 cm³/mol. The lowest BCUT2D eigenvalue weighted by Gasteiger charge is -2.27. The van der Waals surface area contributed by atoms with E-state index in [0.29, 0.717) is 18.5 Å². The molecule has 0 bridgehead atoms. The lowest BCUT2D eigenvalue weighted by atomic mass is 10.0. The number of hydrogen-bond acceptors (Lipinski definition) is 4. The van der Waals surface area contributed by atoms with Crippen LogP contribution in [-0.2, 0) is 4.79 Å². The summed E-state index contributed by atoms with van der Waals surface area (Å²) in [5.41, 5.74) is 0.659. The van der Waals surface area contributed by atoms with Crippen LogP contribution in [0.4, 0.5) is 0 Å². The lowest BCUT2D eigenvalue weighted by molar-refractivity contribution is -0.122. The number of nitrogens with one attached hydrogen (secondary N) is 2. The van der Waals surface area contributed by atoms with Gasteiger partial charge in [-0.3, -0.25) is 4.79 Å². The molecular formula is C13H18N2O3. The fourth-order valence-corrected chi connectivity index (χ4v) is 2.21. The fourth-order valence-electron chi connectivity index (χ4n) is 2.21. The SMILES string of the molecule is CC(NC1CCC(=O)NC1)c1cc(O)ccc1O. The highest BCUT2D eigenvalue weighted by Gasteiger charge is 2.21. The Bertz CT molecular complexity index is 438. The van der Waals surface area contributed by atoms with Crippen molar-refractivity contribution < 1.29 is 15.0 Å². The molecule has 0 aliphatic carbocycles. The Kier molecular flexibility index (Phi) is 3.72. The van der Waals surface area contributed by atoms with Gasteiger partial charge < -0.3 is 20.8 Å². The maximum atomic E-state index is 11.1. The summed E-state index contributed by atoms with van der Waals surface area (Å²) in [6.45, 7) is 2.52. The van der Waals surface area contributed by atoms with Gasteiger partial charge in [0.05, 0.1) is 0 Å². The molecule has 1 aromatic carbocycles. The van der Waals surface area contributed by atoms with Crippen LogP contribution in [0.25, 0.3) is 0 Å². The third kappa shape index (κ3) is 2.92. The zero-order valence-corrected chi connectivity index (χ0v) is 10.3. The first-order valence-corrected chi connectivity index (χ1v) is 6.11. The van der Waals surface area contributed by atoms with Crippen LogP contribution in [0.3, 0.4) is 0 Å².